The largest absolute Gasteiger partial charge is 0.493 e. The van der Waals surface area contributed by atoms with E-state index in [-0.39, 0.29) is 12.4 Å². The highest BCUT2D eigenvalue weighted by Crippen LogP contribution is 2.21. The maximum Gasteiger partial charge on any atom is 0.162 e. The zero-order valence-electron chi connectivity index (χ0n) is 11.6. The van der Waals surface area contributed by atoms with Gasteiger partial charge in [-0.2, -0.15) is 10.5 Å². The summed E-state index contributed by atoms with van der Waals surface area (Å²) in [5.41, 5.74) is 1.22. The molecule has 0 bridgehead atoms. The first-order valence-corrected chi connectivity index (χ1v) is 6.61. The van der Waals surface area contributed by atoms with Crippen LogP contribution in [0.5, 0.6) is 5.75 Å². The number of hydrogen-bond donors (Lipinski definition) is 0. The van der Waals surface area contributed by atoms with Crippen molar-refractivity contribution in [3.8, 4) is 17.9 Å². The van der Waals surface area contributed by atoms with E-state index in [0.717, 1.165) is 17.7 Å². The topological polar surface area (TPSA) is 56.8 Å². The van der Waals surface area contributed by atoms with E-state index in [4.69, 9.17) is 10.00 Å². The van der Waals surface area contributed by atoms with Crippen molar-refractivity contribution < 1.29 is 13.5 Å². The Morgan fingerprint density at radius 1 is 1.05 bits per heavy atom. The van der Waals surface area contributed by atoms with Crippen molar-refractivity contribution in [3.63, 3.8) is 0 Å². The second-order valence-corrected chi connectivity index (χ2v) is 4.63. The molecule has 5 heteroatoms. The van der Waals surface area contributed by atoms with E-state index >= 15 is 0 Å². The summed E-state index contributed by atoms with van der Waals surface area (Å²) < 4.78 is 31.2. The Balaban J connectivity index is 1.98. The van der Waals surface area contributed by atoms with Crippen LogP contribution < -0.4 is 4.74 Å². The SMILES string of the molecule is N#Cc1cccc(C(C#N)CCOc2ccc(F)c(F)c2)c1. The minimum atomic E-state index is -0.976. The standard InChI is InChI=1S/C17H12F2N2O/c18-16-5-4-15(9-17(16)19)22-7-6-14(11-21)13-3-1-2-12(8-13)10-20/h1-5,8-9,14H,6-7H2. The normalized spacial score (nSPS) is 11.3. The van der Waals surface area contributed by atoms with Gasteiger partial charge in [0.05, 0.1) is 30.2 Å². The van der Waals surface area contributed by atoms with E-state index in [9.17, 15) is 14.0 Å². The molecule has 0 saturated heterocycles. The van der Waals surface area contributed by atoms with E-state index in [0.29, 0.717) is 12.0 Å². The fourth-order valence-corrected chi connectivity index (χ4v) is 1.99. The van der Waals surface area contributed by atoms with Crippen LogP contribution in [0, 0.1) is 34.3 Å². The van der Waals surface area contributed by atoms with Gasteiger partial charge in [-0.25, -0.2) is 8.78 Å². The summed E-state index contributed by atoms with van der Waals surface area (Å²) in [6, 6.07) is 14.3. The minimum absolute atomic E-state index is 0.181. The number of benzene rings is 2. The summed E-state index contributed by atoms with van der Waals surface area (Å²) >= 11 is 0. The molecule has 110 valence electrons. The van der Waals surface area contributed by atoms with Crippen LogP contribution in [-0.4, -0.2) is 6.61 Å². The fourth-order valence-electron chi connectivity index (χ4n) is 1.99. The fraction of sp³-hybridized carbons (Fsp3) is 0.176. The third-order valence-corrected chi connectivity index (χ3v) is 3.14. The summed E-state index contributed by atoms with van der Waals surface area (Å²) in [6.07, 6.45) is 0.379. The molecule has 2 aromatic carbocycles. The number of nitriles is 2. The zero-order valence-corrected chi connectivity index (χ0v) is 11.6. The molecular formula is C17H12F2N2O. The molecule has 3 nitrogen and oxygen atoms in total. The van der Waals surface area contributed by atoms with Gasteiger partial charge in [-0.05, 0) is 29.8 Å². The summed E-state index contributed by atoms with van der Waals surface area (Å²) in [6.45, 7) is 0.181. The van der Waals surface area contributed by atoms with Crippen molar-refractivity contribution in [1.82, 2.24) is 0 Å². The zero-order chi connectivity index (χ0) is 15.9. The number of halogens is 2. The Morgan fingerprint density at radius 2 is 1.86 bits per heavy atom. The molecule has 0 spiro atoms. The van der Waals surface area contributed by atoms with Crippen LogP contribution in [0.15, 0.2) is 42.5 Å². The van der Waals surface area contributed by atoms with Crippen LogP contribution in [0.25, 0.3) is 0 Å². The molecule has 0 aliphatic rings. The van der Waals surface area contributed by atoms with Gasteiger partial charge < -0.3 is 4.74 Å². The molecule has 0 heterocycles. The average Bonchev–Trinajstić information content (AvgIpc) is 2.55. The Labute approximate surface area is 127 Å². The maximum absolute atomic E-state index is 13.0. The molecule has 2 rings (SSSR count). The number of rotatable bonds is 5. The first-order chi connectivity index (χ1) is 10.6. The van der Waals surface area contributed by atoms with Crippen molar-refractivity contribution >= 4 is 0 Å². The van der Waals surface area contributed by atoms with Crippen molar-refractivity contribution in [1.29, 1.82) is 10.5 Å². The number of hydrogen-bond acceptors (Lipinski definition) is 3. The lowest BCUT2D eigenvalue weighted by Gasteiger charge is -2.11. The average molecular weight is 298 g/mol. The van der Waals surface area contributed by atoms with E-state index < -0.39 is 17.6 Å². The van der Waals surface area contributed by atoms with Crippen molar-refractivity contribution in [2.24, 2.45) is 0 Å². The molecule has 0 aromatic heterocycles. The predicted molar refractivity (Wildman–Crippen MR) is 76.0 cm³/mol. The highest BCUT2D eigenvalue weighted by molar-refractivity contribution is 5.36. The smallest absolute Gasteiger partial charge is 0.162 e. The monoisotopic (exact) mass is 298 g/mol. The molecule has 0 saturated carbocycles. The van der Waals surface area contributed by atoms with Gasteiger partial charge in [0, 0.05) is 12.5 Å². The quantitative estimate of drug-likeness (QED) is 0.840. The van der Waals surface area contributed by atoms with Crippen molar-refractivity contribution in [3.05, 3.63) is 65.2 Å². The van der Waals surface area contributed by atoms with Gasteiger partial charge in [0.25, 0.3) is 0 Å². The second kappa shape index (κ2) is 7.19. The summed E-state index contributed by atoms with van der Waals surface area (Å²) in [5.74, 6) is -2.13. The molecule has 0 radical (unpaired) electrons. The minimum Gasteiger partial charge on any atom is -0.493 e. The Bertz CT molecular complexity index is 747. The summed E-state index contributed by atoms with van der Waals surface area (Å²) in [4.78, 5) is 0. The molecule has 0 aliphatic carbocycles. The molecule has 0 aliphatic heterocycles. The van der Waals surface area contributed by atoms with Crippen LogP contribution in [0.1, 0.15) is 23.5 Å². The second-order valence-electron chi connectivity index (χ2n) is 4.63. The number of nitrogens with zero attached hydrogens (tertiary/aromatic N) is 2. The van der Waals surface area contributed by atoms with Crippen molar-refractivity contribution in [2.75, 3.05) is 6.61 Å². The third-order valence-electron chi connectivity index (χ3n) is 3.14. The first kappa shape index (κ1) is 15.5. The Hall–Kier alpha value is -2.92. The van der Waals surface area contributed by atoms with E-state index in [1.807, 2.05) is 6.07 Å². The van der Waals surface area contributed by atoms with Gasteiger partial charge in [-0.1, -0.05) is 12.1 Å². The van der Waals surface area contributed by atoms with Crippen LogP contribution in [-0.2, 0) is 0 Å². The maximum atomic E-state index is 13.0. The molecule has 0 fully saturated rings. The lowest BCUT2D eigenvalue weighted by Crippen LogP contribution is -2.05. The van der Waals surface area contributed by atoms with Gasteiger partial charge >= 0.3 is 0 Å². The van der Waals surface area contributed by atoms with Gasteiger partial charge in [-0.3, -0.25) is 0 Å². The highest BCUT2D eigenvalue weighted by atomic mass is 19.2. The molecule has 22 heavy (non-hydrogen) atoms. The molecule has 1 unspecified atom stereocenters. The molecule has 0 N–H and O–H groups in total. The third kappa shape index (κ3) is 3.80. The van der Waals surface area contributed by atoms with Gasteiger partial charge in [0.1, 0.15) is 5.75 Å². The molecule has 0 amide bonds. The van der Waals surface area contributed by atoms with Crippen LogP contribution in [0.3, 0.4) is 0 Å². The number of ether oxygens (including phenoxy) is 1. The van der Waals surface area contributed by atoms with Crippen LogP contribution in [0.2, 0.25) is 0 Å². The highest BCUT2D eigenvalue weighted by Gasteiger charge is 2.12. The molecule has 1 atom stereocenters. The van der Waals surface area contributed by atoms with Gasteiger partial charge in [0.2, 0.25) is 0 Å². The molecule has 2 aromatic rings. The Morgan fingerprint density at radius 3 is 2.55 bits per heavy atom. The first-order valence-electron chi connectivity index (χ1n) is 6.61. The van der Waals surface area contributed by atoms with E-state index in [1.54, 1.807) is 24.3 Å². The van der Waals surface area contributed by atoms with Gasteiger partial charge in [0.15, 0.2) is 11.6 Å². The Kier molecular flexibility index (Phi) is 5.06. The molecular weight excluding hydrogens is 286 g/mol. The summed E-state index contributed by atoms with van der Waals surface area (Å²) in [7, 11) is 0. The van der Waals surface area contributed by atoms with Crippen LogP contribution >= 0.6 is 0 Å². The van der Waals surface area contributed by atoms with E-state index in [1.165, 1.54) is 6.07 Å². The lowest BCUT2D eigenvalue weighted by atomic mass is 9.96. The van der Waals surface area contributed by atoms with Gasteiger partial charge in [-0.15, -0.1) is 0 Å². The van der Waals surface area contributed by atoms with E-state index in [2.05, 4.69) is 6.07 Å². The summed E-state index contributed by atoms with van der Waals surface area (Å²) in [5, 5.41) is 18.1. The lowest BCUT2D eigenvalue weighted by molar-refractivity contribution is 0.303. The van der Waals surface area contributed by atoms with Crippen LogP contribution in [0.4, 0.5) is 8.78 Å². The predicted octanol–water partition coefficient (Wildman–Crippen LogP) is 3.91. The van der Waals surface area contributed by atoms with Crippen molar-refractivity contribution in [2.45, 2.75) is 12.3 Å².